The number of methoxy groups -OCH3 is 1. The molecule has 3 aromatic rings. The van der Waals surface area contributed by atoms with Gasteiger partial charge >= 0.3 is 0 Å². The SMILES string of the molecule is COc1ccc(Cc2nccc(-c3ccc(OC4CCOCC4)c(C#N)c3)n2)cc1OCCCC1CCNCC1. The lowest BCUT2D eigenvalue weighted by Gasteiger charge is -2.23. The highest BCUT2D eigenvalue weighted by atomic mass is 16.5. The van der Waals surface area contributed by atoms with E-state index in [4.69, 9.17) is 23.9 Å². The summed E-state index contributed by atoms with van der Waals surface area (Å²) in [7, 11) is 1.67. The Balaban J connectivity index is 1.23. The quantitative estimate of drug-likeness (QED) is 0.325. The summed E-state index contributed by atoms with van der Waals surface area (Å²) in [6, 6.07) is 15.8. The van der Waals surface area contributed by atoms with Gasteiger partial charge in [-0.05, 0) is 86.7 Å². The molecule has 8 heteroatoms. The Kier molecular flexibility index (Phi) is 9.83. The van der Waals surface area contributed by atoms with Crippen LogP contribution < -0.4 is 19.5 Å². The molecule has 2 fully saturated rings. The van der Waals surface area contributed by atoms with Crippen LogP contribution in [0.15, 0.2) is 48.7 Å². The zero-order chi connectivity index (χ0) is 27.6. The third kappa shape index (κ3) is 7.50. The van der Waals surface area contributed by atoms with Gasteiger partial charge < -0.3 is 24.3 Å². The summed E-state index contributed by atoms with van der Waals surface area (Å²) >= 11 is 0. The van der Waals surface area contributed by atoms with E-state index in [0.29, 0.717) is 43.4 Å². The van der Waals surface area contributed by atoms with Crippen LogP contribution in [0.4, 0.5) is 0 Å². The summed E-state index contributed by atoms with van der Waals surface area (Å²) in [6.07, 6.45) is 8.79. The summed E-state index contributed by atoms with van der Waals surface area (Å²) in [6.45, 7) is 4.30. The maximum atomic E-state index is 9.77. The Morgan fingerprint density at radius 1 is 1.00 bits per heavy atom. The smallest absolute Gasteiger partial charge is 0.161 e. The fraction of sp³-hybridized carbons (Fsp3) is 0.469. The first-order valence-electron chi connectivity index (χ1n) is 14.3. The summed E-state index contributed by atoms with van der Waals surface area (Å²) < 4.78 is 23.2. The Morgan fingerprint density at radius 2 is 1.82 bits per heavy atom. The summed E-state index contributed by atoms with van der Waals surface area (Å²) in [5, 5.41) is 13.2. The van der Waals surface area contributed by atoms with E-state index in [1.807, 2.05) is 42.5 Å². The van der Waals surface area contributed by atoms with Gasteiger partial charge in [0.1, 0.15) is 23.7 Å². The van der Waals surface area contributed by atoms with Crippen molar-refractivity contribution in [1.82, 2.24) is 15.3 Å². The second kappa shape index (κ2) is 14.1. The predicted molar refractivity (Wildman–Crippen MR) is 153 cm³/mol. The van der Waals surface area contributed by atoms with Gasteiger partial charge in [0.25, 0.3) is 0 Å². The molecule has 5 rings (SSSR count). The molecule has 210 valence electrons. The van der Waals surface area contributed by atoms with Crippen molar-refractivity contribution >= 4 is 0 Å². The largest absolute Gasteiger partial charge is 0.493 e. The molecule has 0 amide bonds. The van der Waals surface area contributed by atoms with Crippen LogP contribution in [-0.2, 0) is 11.2 Å². The molecule has 0 saturated carbocycles. The van der Waals surface area contributed by atoms with Crippen molar-refractivity contribution in [3.8, 4) is 34.6 Å². The van der Waals surface area contributed by atoms with Crippen LogP contribution >= 0.6 is 0 Å². The van der Waals surface area contributed by atoms with Crippen molar-refractivity contribution in [2.24, 2.45) is 5.92 Å². The Morgan fingerprint density at radius 3 is 2.62 bits per heavy atom. The average Bonchev–Trinajstić information content (AvgIpc) is 3.01. The van der Waals surface area contributed by atoms with E-state index in [0.717, 1.165) is 66.6 Å². The first-order chi connectivity index (χ1) is 19.7. The number of nitrogens with zero attached hydrogens (tertiary/aromatic N) is 3. The van der Waals surface area contributed by atoms with E-state index >= 15 is 0 Å². The van der Waals surface area contributed by atoms with Crippen LogP contribution in [0.5, 0.6) is 17.2 Å². The third-order valence-electron chi connectivity index (χ3n) is 7.63. The van der Waals surface area contributed by atoms with Crippen molar-refractivity contribution in [3.05, 3.63) is 65.6 Å². The number of hydrogen-bond donors (Lipinski definition) is 1. The average molecular weight is 543 g/mol. The van der Waals surface area contributed by atoms with Crippen molar-refractivity contribution in [3.63, 3.8) is 0 Å². The van der Waals surface area contributed by atoms with Gasteiger partial charge in [0, 0.05) is 31.0 Å². The van der Waals surface area contributed by atoms with Crippen molar-refractivity contribution in [1.29, 1.82) is 5.26 Å². The molecule has 0 spiro atoms. The number of piperidine rings is 1. The molecule has 0 aliphatic carbocycles. The van der Waals surface area contributed by atoms with Crippen LogP contribution in [-0.4, -0.2) is 56.1 Å². The number of aromatic nitrogens is 2. The standard InChI is InChI=1S/C32H38N4O4/c1-37-30-6-4-24(19-31(30)39-16-2-3-23-8-13-34-14-9-23)20-32-35-15-10-28(36-32)25-5-7-29(26(21-25)22-33)40-27-11-17-38-18-12-27/h4-7,10,15,19,21,23,27,34H,2-3,8-9,11-14,16-18,20H2,1H3. The highest BCUT2D eigenvalue weighted by molar-refractivity contribution is 5.64. The molecule has 0 atom stereocenters. The normalized spacial score (nSPS) is 16.3. The maximum Gasteiger partial charge on any atom is 0.161 e. The molecule has 1 aromatic heterocycles. The molecular weight excluding hydrogens is 504 g/mol. The van der Waals surface area contributed by atoms with Gasteiger partial charge in [-0.15, -0.1) is 0 Å². The number of nitriles is 1. The second-order valence-electron chi connectivity index (χ2n) is 10.5. The molecule has 2 aromatic carbocycles. The van der Waals surface area contributed by atoms with Gasteiger partial charge in [-0.2, -0.15) is 5.26 Å². The predicted octanol–water partition coefficient (Wildman–Crippen LogP) is 5.33. The van der Waals surface area contributed by atoms with Gasteiger partial charge in [-0.1, -0.05) is 6.07 Å². The highest BCUT2D eigenvalue weighted by Gasteiger charge is 2.18. The first-order valence-corrected chi connectivity index (χ1v) is 14.3. The molecule has 1 N–H and O–H groups in total. The van der Waals surface area contributed by atoms with Gasteiger partial charge in [0.05, 0.1) is 38.2 Å². The number of nitrogens with one attached hydrogen (secondary N) is 1. The van der Waals surface area contributed by atoms with E-state index in [2.05, 4.69) is 16.4 Å². The fourth-order valence-corrected chi connectivity index (χ4v) is 5.35. The van der Waals surface area contributed by atoms with E-state index in [1.54, 1.807) is 13.3 Å². The Hall–Kier alpha value is -3.67. The van der Waals surface area contributed by atoms with E-state index in [1.165, 1.54) is 19.3 Å². The second-order valence-corrected chi connectivity index (χ2v) is 10.5. The third-order valence-corrected chi connectivity index (χ3v) is 7.63. The van der Waals surface area contributed by atoms with Gasteiger partial charge in [-0.3, -0.25) is 0 Å². The van der Waals surface area contributed by atoms with Crippen molar-refractivity contribution < 1.29 is 18.9 Å². The zero-order valence-corrected chi connectivity index (χ0v) is 23.2. The highest BCUT2D eigenvalue weighted by Crippen LogP contribution is 2.30. The van der Waals surface area contributed by atoms with Crippen molar-refractivity contribution in [2.75, 3.05) is 40.0 Å². The van der Waals surface area contributed by atoms with E-state index in [-0.39, 0.29) is 6.10 Å². The minimum absolute atomic E-state index is 0.0742. The molecule has 3 heterocycles. The minimum Gasteiger partial charge on any atom is -0.493 e. The van der Waals surface area contributed by atoms with Crippen LogP contribution in [0.3, 0.4) is 0 Å². The topological polar surface area (TPSA) is 98.5 Å². The number of ether oxygens (including phenoxy) is 4. The molecule has 40 heavy (non-hydrogen) atoms. The van der Waals surface area contributed by atoms with Crippen LogP contribution in [0, 0.1) is 17.2 Å². The molecule has 2 aliphatic heterocycles. The molecular formula is C32H38N4O4. The monoisotopic (exact) mass is 542 g/mol. The lowest BCUT2D eigenvalue weighted by Crippen LogP contribution is -2.27. The molecule has 0 unspecified atom stereocenters. The number of rotatable bonds is 11. The van der Waals surface area contributed by atoms with Crippen LogP contribution in [0.1, 0.15) is 55.5 Å². The lowest BCUT2D eigenvalue weighted by molar-refractivity contribution is 0.0254. The van der Waals surface area contributed by atoms with Crippen LogP contribution in [0.2, 0.25) is 0 Å². The maximum absolute atomic E-state index is 9.77. The minimum atomic E-state index is 0.0742. The summed E-state index contributed by atoms with van der Waals surface area (Å²) in [4.78, 5) is 9.31. The Labute approximate surface area is 236 Å². The van der Waals surface area contributed by atoms with E-state index in [9.17, 15) is 5.26 Å². The molecule has 2 saturated heterocycles. The Bertz CT molecular complexity index is 1300. The molecule has 0 bridgehead atoms. The van der Waals surface area contributed by atoms with E-state index < -0.39 is 0 Å². The first kappa shape index (κ1) is 27.9. The molecule has 2 aliphatic rings. The van der Waals surface area contributed by atoms with Gasteiger partial charge in [0.2, 0.25) is 0 Å². The zero-order valence-electron chi connectivity index (χ0n) is 23.2. The van der Waals surface area contributed by atoms with Crippen molar-refractivity contribution in [2.45, 2.75) is 51.0 Å². The fourth-order valence-electron chi connectivity index (χ4n) is 5.35. The summed E-state index contributed by atoms with van der Waals surface area (Å²) in [5.41, 5.74) is 3.17. The molecule has 8 nitrogen and oxygen atoms in total. The summed E-state index contributed by atoms with van der Waals surface area (Å²) in [5.74, 6) is 3.57. The van der Waals surface area contributed by atoms with Gasteiger partial charge in [-0.25, -0.2) is 9.97 Å². The van der Waals surface area contributed by atoms with Gasteiger partial charge in [0.15, 0.2) is 11.5 Å². The molecule has 0 radical (unpaired) electrons. The lowest BCUT2D eigenvalue weighted by atomic mass is 9.93. The number of benzene rings is 2. The number of hydrogen-bond acceptors (Lipinski definition) is 8. The van der Waals surface area contributed by atoms with Crippen LogP contribution in [0.25, 0.3) is 11.3 Å².